The van der Waals surface area contributed by atoms with Crippen molar-refractivity contribution in [2.24, 2.45) is 91.7 Å². The van der Waals surface area contributed by atoms with Crippen molar-refractivity contribution in [3.8, 4) is 0 Å². The van der Waals surface area contributed by atoms with Crippen LogP contribution in [0.2, 0.25) is 0 Å². The molecular weight excluding hydrogens is 1140 g/mol. The molecule has 0 aliphatic heterocycles. The lowest BCUT2D eigenvalue weighted by atomic mass is 9.92. The number of hydrogen-bond donors (Lipinski definition) is 25. The summed E-state index contributed by atoms with van der Waals surface area (Å²) >= 11 is 0. The fourth-order valence-corrected chi connectivity index (χ4v) is 7.42. The number of ether oxygens (including phenoxy) is 2. The van der Waals surface area contributed by atoms with Crippen LogP contribution in [0.5, 0.6) is 0 Å². The van der Waals surface area contributed by atoms with Crippen LogP contribution in [0.15, 0.2) is 0 Å². The minimum Gasteiger partial charge on any atom is -0.396 e. The first-order valence-corrected chi connectivity index (χ1v) is 35.2. The zero-order chi connectivity index (χ0) is 69.9. The van der Waals surface area contributed by atoms with Crippen LogP contribution in [0.25, 0.3) is 0 Å². The molecule has 0 aromatic carbocycles. The minimum atomic E-state index is 0.208. The first kappa shape index (κ1) is 108. The maximum atomic E-state index is 8.41. The standard InChI is InChI=1S/C7H19N3.C7H17NO2.C6H16N2O2.3C6H14N2.C6H15N.C5H14N2.C5H13NO.C4H12N2.C3H10N2.C2H8N2/c8-4-2-1-3-6-10-7-5-9;9-6-3-1-2-4-8-5-7-10;7-1-3-9-5-6-10-4-2-8;7-5-2-1-3-6(8)4-5;2*7-5-3-1-2-4-6(5)8;1-3-5-7-6-4-2;1-6-4-3-5-7-2;6-4-2-1-3-5-7;1-6-4-2-3-5;4-2-1-3-5;3-1-2-4/h10H,1-9H2;8-10H,1-7H2;1-8H2;3*5-6H,1-4,7-8H2;7H,3-6H2,1-2H3;6-7H,3-5H2,1-2H3;7H,1-6H2;6H,2-5H2,1H3;1-5H2;1-4H2/t;;;;5-,6+;5-,6-;;;;;;/m.....1....../s1. The monoisotopic (exact) mass is 1310 g/mol. The summed E-state index contributed by atoms with van der Waals surface area (Å²) in [6.07, 6.45) is 29.6. The second-order valence-corrected chi connectivity index (χ2v) is 22.0. The third kappa shape index (κ3) is 131. The third-order valence-electron chi connectivity index (χ3n) is 12.9. The Hall–Kier alpha value is -1.08. The molecule has 90 heavy (non-hydrogen) atoms. The van der Waals surface area contributed by atoms with Gasteiger partial charge in [-0.05, 0) is 228 Å². The summed E-state index contributed by atoms with van der Waals surface area (Å²) in [6.45, 7) is 23.7. The molecule has 3 rings (SSSR count). The van der Waals surface area contributed by atoms with Crippen molar-refractivity contribution in [3.63, 3.8) is 0 Å². The first-order chi connectivity index (χ1) is 43.6. The van der Waals surface area contributed by atoms with E-state index in [4.69, 9.17) is 117 Å². The number of rotatable bonds is 39. The molecule has 6 atom stereocenters. The van der Waals surface area contributed by atoms with E-state index in [0.717, 1.165) is 168 Å². The Bertz CT molecular complexity index is 925. The van der Waals surface area contributed by atoms with E-state index in [1.54, 1.807) is 0 Å². The summed E-state index contributed by atoms with van der Waals surface area (Å²) in [4.78, 5) is 0. The van der Waals surface area contributed by atoms with Gasteiger partial charge in [0.25, 0.3) is 0 Å². The van der Waals surface area contributed by atoms with E-state index in [9.17, 15) is 0 Å². The Balaban J connectivity index is -0.000000114. The summed E-state index contributed by atoms with van der Waals surface area (Å²) in [5.74, 6) is 0. The largest absolute Gasteiger partial charge is 0.396 e. The summed E-state index contributed by atoms with van der Waals surface area (Å²) in [5, 5.41) is 43.7. The van der Waals surface area contributed by atoms with Crippen LogP contribution >= 0.6 is 0 Å². The molecular formula is C63H166N22O5. The summed E-state index contributed by atoms with van der Waals surface area (Å²) in [7, 11) is 5.86. The van der Waals surface area contributed by atoms with E-state index in [1.807, 2.05) is 21.1 Å². The van der Waals surface area contributed by atoms with Crippen LogP contribution in [0, 0.1) is 0 Å². The molecule has 0 radical (unpaired) electrons. The zero-order valence-electron chi connectivity index (χ0n) is 59.6. The fraction of sp³-hybridized carbons (Fsp3) is 1.00. The average Bonchev–Trinajstić information content (AvgIpc) is 3.76. The van der Waals surface area contributed by atoms with Crippen LogP contribution in [0.1, 0.15) is 181 Å². The maximum absolute atomic E-state index is 8.41. The molecule has 0 aromatic heterocycles. The highest BCUT2D eigenvalue weighted by Gasteiger charge is 2.17. The van der Waals surface area contributed by atoms with Gasteiger partial charge >= 0.3 is 0 Å². The van der Waals surface area contributed by atoms with E-state index in [0.29, 0.717) is 84.4 Å². The predicted octanol–water partition coefficient (Wildman–Crippen LogP) is -1.95. The van der Waals surface area contributed by atoms with Gasteiger partial charge in [-0.1, -0.05) is 52.4 Å². The molecule has 0 spiro atoms. The van der Waals surface area contributed by atoms with Gasteiger partial charge in [-0.15, -0.1) is 0 Å². The first-order valence-electron chi connectivity index (χ1n) is 35.2. The highest BCUT2D eigenvalue weighted by atomic mass is 16.5. The lowest BCUT2D eigenvalue weighted by Crippen LogP contribution is -2.43. The number of nitrogens with two attached hydrogens (primary N) is 16. The van der Waals surface area contributed by atoms with Crippen molar-refractivity contribution in [3.05, 3.63) is 0 Å². The molecule has 0 bridgehead atoms. The van der Waals surface area contributed by atoms with Crippen molar-refractivity contribution < 1.29 is 24.8 Å². The van der Waals surface area contributed by atoms with Gasteiger partial charge in [0, 0.05) is 95.3 Å². The molecule has 558 valence electrons. The van der Waals surface area contributed by atoms with Crippen LogP contribution < -0.4 is 124 Å². The highest BCUT2D eigenvalue weighted by Crippen LogP contribution is 2.16. The summed E-state index contributed by atoms with van der Waals surface area (Å²) in [5.41, 5.74) is 85.2. The molecule has 41 N–H and O–H groups in total. The molecule has 0 amide bonds. The van der Waals surface area contributed by atoms with Crippen molar-refractivity contribution in [2.45, 2.75) is 217 Å². The van der Waals surface area contributed by atoms with Gasteiger partial charge in [0.05, 0.1) is 33.0 Å². The van der Waals surface area contributed by atoms with E-state index in [2.05, 4.69) is 45.7 Å². The van der Waals surface area contributed by atoms with E-state index < -0.39 is 0 Å². The van der Waals surface area contributed by atoms with Crippen molar-refractivity contribution in [2.75, 3.05) is 192 Å². The van der Waals surface area contributed by atoms with Gasteiger partial charge in [-0.25, -0.2) is 0 Å². The summed E-state index contributed by atoms with van der Waals surface area (Å²) < 4.78 is 10.1. The smallest absolute Gasteiger partial charge is 0.0701 e. The maximum Gasteiger partial charge on any atom is 0.0701 e. The highest BCUT2D eigenvalue weighted by molar-refractivity contribution is 4.81. The van der Waals surface area contributed by atoms with Crippen LogP contribution in [-0.2, 0) is 9.47 Å². The van der Waals surface area contributed by atoms with Crippen LogP contribution in [-0.4, -0.2) is 243 Å². The topological polar surface area (TPSA) is 568 Å². The van der Waals surface area contributed by atoms with Gasteiger partial charge in [0.2, 0.25) is 0 Å². The SMILES string of the molecule is CCCNCCC.CNCCCN.CNCCCNC.NC1CCCC(N)C1.NCCCCCNCCN.NCCCCCO.NCCCN.NCCN.NCCOCCOCCN.N[C@@H]1CCCC[C@@H]1N.N[C@@H]1CCCC[C@H]1N.OCCCCCNCCO. The Morgan fingerprint density at radius 2 is 0.644 bits per heavy atom. The van der Waals surface area contributed by atoms with Crippen molar-refractivity contribution in [1.29, 1.82) is 0 Å². The molecule has 27 nitrogen and oxygen atoms in total. The predicted molar refractivity (Wildman–Crippen MR) is 393 cm³/mol. The Morgan fingerprint density at radius 1 is 0.300 bits per heavy atom. The Labute approximate surface area is 555 Å². The quantitative estimate of drug-likeness (QED) is 0.0297. The molecule has 0 saturated heterocycles. The number of nitrogens with one attached hydrogen (secondary N) is 6. The molecule has 0 heterocycles. The van der Waals surface area contributed by atoms with Crippen LogP contribution in [0.4, 0.5) is 0 Å². The number of aliphatic hydroxyl groups excluding tert-OH is 3. The molecule has 27 heteroatoms. The van der Waals surface area contributed by atoms with Gasteiger partial charge in [0.15, 0.2) is 0 Å². The average molecular weight is 1310 g/mol. The van der Waals surface area contributed by atoms with Gasteiger partial charge in [0.1, 0.15) is 0 Å². The van der Waals surface area contributed by atoms with Gasteiger partial charge < -0.3 is 148 Å². The summed E-state index contributed by atoms with van der Waals surface area (Å²) in [6, 6.07) is 1.90. The van der Waals surface area contributed by atoms with Gasteiger partial charge in [-0.2, -0.15) is 0 Å². The van der Waals surface area contributed by atoms with E-state index in [1.165, 1.54) is 90.1 Å². The zero-order valence-corrected chi connectivity index (χ0v) is 59.6. The third-order valence-corrected chi connectivity index (χ3v) is 12.9. The molecule has 0 aromatic rings. The van der Waals surface area contributed by atoms with Crippen LogP contribution in [0.3, 0.4) is 0 Å². The fourth-order valence-electron chi connectivity index (χ4n) is 7.42. The minimum absolute atomic E-state index is 0.208. The van der Waals surface area contributed by atoms with Gasteiger partial charge in [-0.3, -0.25) is 0 Å². The molecule has 3 aliphatic carbocycles. The molecule has 3 saturated carbocycles. The number of aliphatic hydroxyl groups is 3. The Morgan fingerprint density at radius 3 is 0.900 bits per heavy atom. The van der Waals surface area contributed by atoms with Crippen molar-refractivity contribution >= 4 is 0 Å². The number of unbranched alkanes of at least 4 members (excludes halogenated alkanes) is 6. The van der Waals surface area contributed by atoms with Crippen molar-refractivity contribution in [1.82, 2.24) is 31.9 Å². The number of hydrogen-bond acceptors (Lipinski definition) is 27. The molecule has 3 aliphatic rings. The van der Waals surface area contributed by atoms with E-state index in [-0.39, 0.29) is 30.8 Å². The van der Waals surface area contributed by atoms with E-state index >= 15 is 0 Å². The Kier molecular flexibility index (Phi) is 134. The lowest BCUT2D eigenvalue weighted by molar-refractivity contribution is 0.0538. The molecule has 2 unspecified atom stereocenters. The normalized spacial score (nSPS) is 17.6. The molecule has 3 fully saturated rings. The lowest BCUT2D eigenvalue weighted by Gasteiger charge is -2.24. The second-order valence-electron chi connectivity index (χ2n) is 22.0. The second kappa shape index (κ2) is 112.